The highest BCUT2D eigenvalue weighted by Gasteiger charge is 2.47. The SMILES string of the molecule is Cc1ccc(C(C)(c2ccccc2)C(C)(CC=O)CC(=O)O)cc1. The summed E-state index contributed by atoms with van der Waals surface area (Å²) in [5.41, 5.74) is 1.84. The highest BCUT2D eigenvalue weighted by Crippen LogP contribution is 2.50. The van der Waals surface area contributed by atoms with Crippen molar-refractivity contribution in [1.82, 2.24) is 0 Å². The minimum atomic E-state index is -0.895. The molecule has 0 saturated heterocycles. The lowest BCUT2D eigenvalue weighted by molar-refractivity contribution is -0.140. The fourth-order valence-corrected chi connectivity index (χ4v) is 3.49. The molecule has 0 spiro atoms. The van der Waals surface area contributed by atoms with E-state index in [-0.39, 0.29) is 12.8 Å². The quantitative estimate of drug-likeness (QED) is 0.769. The molecule has 2 rings (SSSR count). The van der Waals surface area contributed by atoms with E-state index in [4.69, 9.17) is 0 Å². The van der Waals surface area contributed by atoms with Gasteiger partial charge in [-0.25, -0.2) is 0 Å². The molecule has 0 aliphatic carbocycles. The summed E-state index contributed by atoms with van der Waals surface area (Å²) >= 11 is 0. The molecular formula is C21H24O3. The zero-order valence-corrected chi connectivity index (χ0v) is 14.5. The maximum atomic E-state index is 11.5. The molecule has 2 aromatic carbocycles. The van der Waals surface area contributed by atoms with Gasteiger partial charge in [0.2, 0.25) is 0 Å². The Bertz CT molecular complexity index is 706. The Morgan fingerprint density at radius 3 is 2.04 bits per heavy atom. The van der Waals surface area contributed by atoms with Crippen LogP contribution in [-0.4, -0.2) is 17.4 Å². The van der Waals surface area contributed by atoms with Crippen molar-refractivity contribution < 1.29 is 14.7 Å². The summed E-state index contributed by atoms with van der Waals surface area (Å²) in [6, 6.07) is 18.0. The van der Waals surface area contributed by atoms with Gasteiger partial charge in [0.05, 0.1) is 6.42 Å². The first-order valence-electron chi connectivity index (χ1n) is 8.11. The van der Waals surface area contributed by atoms with Gasteiger partial charge in [0, 0.05) is 11.8 Å². The van der Waals surface area contributed by atoms with Crippen LogP contribution in [0.25, 0.3) is 0 Å². The van der Waals surface area contributed by atoms with Crippen LogP contribution in [0.4, 0.5) is 0 Å². The predicted molar refractivity (Wildman–Crippen MR) is 95.1 cm³/mol. The largest absolute Gasteiger partial charge is 0.481 e. The van der Waals surface area contributed by atoms with Crippen LogP contribution in [0.15, 0.2) is 54.6 Å². The minimum Gasteiger partial charge on any atom is -0.481 e. The van der Waals surface area contributed by atoms with E-state index in [1.54, 1.807) is 0 Å². The Balaban J connectivity index is 2.71. The van der Waals surface area contributed by atoms with Crippen LogP contribution < -0.4 is 0 Å². The highest BCUT2D eigenvalue weighted by atomic mass is 16.4. The Morgan fingerprint density at radius 1 is 1.00 bits per heavy atom. The number of carboxylic acids is 1. The van der Waals surface area contributed by atoms with Gasteiger partial charge in [-0.2, -0.15) is 0 Å². The van der Waals surface area contributed by atoms with Gasteiger partial charge in [0.15, 0.2) is 0 Å². The molecule has 0 aliphatic rings. The monoisotopic (exact) mass is 324 g/mol. The summed E-state index contributed by atoms with van der Waals surface area (Å²) in [5.74, 6) is -0.895. The molecule has 0 amide bonds. The number of rotatable bonds is 7. The summed E-state index contributed by atoms with van der Waals surface area (Å²) in [5, 5.41) is 9.46. The smallest absolute Gasteiger partial charge is 0.303 e. The predicted octanol–water partition coefficient (Wildman–Crippen LogP) is 4.37. The van der Waals surface area contributed by atoms with Crippen molar-refractivity contribution in [2.24, 2.45) is 5.41 Å². The average molecular weight is 324 g/mol. The van der Waals surface area contributed by atoms with E-state index >= 15 is 0 Å². The zero-order valence-electron chi connectivity index (χ0n) is 14.5. The maximum absolute atomic E-state index is 11.5. The van der Waals surface area contributed by atoms with Crippen LogP contribution in [0, 0.1) is 12.3 Å². The molecule has 2 aromatic rings. The third kappa shape index (κ3) is 3.25. The van der Waals surface area contributed by atoms with Crippen molar-refractivity contribution in [3.05, 3.63) is 71.3 Å². The topological polar surface area (TPSA) is 54.4 Å². The third-order valence-electron chi connectivity index (χ3n) is 5.26. The van der Waals surface area contributed by atoms with Crippen LogP contribution >= 0.6 is 0 Å². The third-order valence-corrected chi connectivity index (χ3v) is 5.26. The van der Waals surface area contributed by atoms with Gasteiger partial charge in [0.1, 0.15) is 6.29 Å². The fourth-order valence-electron chi connectivity index (χ4n) is 3.49. The number of hydrogen-bond donors (Lipinski definition) is 1. The second-order valence-corrected chi connectivity index (χ2v) is 6.86. The van der Waals surface area contributed by atoms with Crippen LogP contribution in [0.5, 0.6) is 0 Å². The standard InChI is InChI=1S/C21H24O3/c1-16-9-11-18(12-10-16)21(3,17-7-5-4-6-8-17)20(2,13-14-22)15-19(23)24/h4-12,14H,13,15H2,1-3H3,(H,23,24). The molecule has 2 unspecified atom stereocenters. The number of hydrogen-bond acceptors (Lipinski definition) is 2. The molecule has 0 saturated carbocycles. The minimum absolute atomic E-state index is 0.0784. The molecule has 1 N–H and O–H groups in total. The number of carbonyl (C=O) groups excluding carboxylic acids is 1. The van der Waals surface area contributed by atoms with E-state index in [1.807, 2.05) is 75.4 Å². The summed E-state index contributed by atoms with van der Waals surface area (Å²) in [6.07, 6.45) is 0.932. The first-order valence-corrected chi connectivity index (χ1v) is 8.11. The van der Waals surface area contributed by atoms with Crippen molar-refractivity contribution >= 4 is 12.3 Å². The van der Waals surface area contributed by atoms with Crippen molar-refractivity contribution in [2.75, 3.05) is 0 Å². The van der Waals surface area contributed by atoms with Crippen molar-refractivity contribution in [3.63, 3.8) is 0 Å². The zero-order chi connectivity index (χ0) is 17.8. The Hall–Kier alpha value is -2.42. The van der Waals surface area contributed by atoms with Crippen LogP contribution in [0.2, 0.25) is 0 Å². The van der Waals surface area contributed by atoms with Gasteiger partial charge in [-0.1, -0.05) is 74.0 Å². The number of carbonyl (C=O) groups is 2. The molecule has 126 valence electrons. The lowest BCUT2D eigenvalue weighted by Crippen LogP contribution is -2.44. The molecule has 2 atom stereocenters. The van der Waals surface area contributed by atoms with Crippen LogP contribution in [0.3, 0.4) is 0 Å². The van der Waals surface area contributed by atoms with Gasteiger partial charge in [-0.3, -0.25) is 4.79 Å². The van der Waals surface area contributed by atoms with Crippen LogP contribution in [-0.2, 0) is 15.0 Å². The molecule has 0 fully saturated rings. The van der Waals surface area contributed by atoms with Crippen molar-refractivity contribution in [3.8, 4) is 0 Å². The van der Waals surface area contributed by atoms with Gasteiger partial charge in [-0.05, 0) is 23.5 Å². The van der Waals surface area contributed by atoms with Gasteiger partial charge in [0.25, 0.3) is 0 Å². The van der Waals surface area contributed by atoms with Gasteiger partial charge >= 0.3 is 5.97 Å². The van der Waals surface area contributed by atoms with E-state index in [1.165, 1.54) is 0 Å². The van der Waals surface area contributed by atoms with E-state index in [9.17, 15) is 14.7 Å². The van der Waals surface area contributed by atoms with Crippen LogP contribution in [0.1, 0.15) is 43.4 Å². The van der Waals surface area contributed by atoms with E-state index in [0.717, 1.165) is 23.0 Å². The van der Waals surface area contributed by atoms with Crippen molar-refractivity contribution in [1.29, 1.82) is 0 Å². The van der Waals surface area contributed by atoms with E-state index < -0.39 is 16.8 Å². The molecular weight excluding hydrogens is 300 g/mol. The normalized spacial score (nSPS) is 16.0. The fraction of sp³-hybridized carbons (Fsp3) is 0.333. The Labute approximate surface area is 143 Å². The molecule has 0 bridgehead atoms. The van der Waals surface area contributed by atoms with Gasteiger partial charge < -0.3 is 9.90 Å². The van der Waals surface area contributed by atoms with E-state index in [2.05, 4.69) is 0 Å². The molecule has 24 heavy (non-hydrogen) atoms. The number of carboxylic acid groups (broad SMARTS) is 1. The summed E-state index contributed by atoms with van der Waals surface area (Å²) < 4.78 is 0. The average Bonchev–Trinajstić information content (AvgIpc) is 2.55. The maximum Gasteiger partial charge on any atom is 0.303 e. The summed E-state index contributed by atoms with van der Waals surface area (Å²) in [6.45, 7) is 5.95. The number of aryl methyl sites for hydroxylation is 1. The Morgan fingerprint density at radius 2 is 1.54 bits per heavy atom. The highest BCUT2D eigenvalue weighted by molar-refractivity contribution is 5.70. The summed E-state index contributed by atoms with van der Waals surface area (Å²) in [4.78, 5) is 22.9. The molecule has 3 nitrogen and oxygen atoms in total. The second kappa shape index (κ2) is 7.00. The Kier molecular flexibility index (Phi) is 5.23. The summed E-state index contributed by atoms with van der Waals surface area (Å²) in [7, 11) is 0. The lowest BCUT2D eigenvalue weighted by atomic mass is 9.56. The molecule has 3 heteroatoms. The molecule has 0 heterocycles. The second-order valence-electron chi connectivity index (χ2n) is 6.86. The number of aldehydes is 1. The lowest BCUT2D eigenvalue weighted by Gasteiger charge is -2.46. The number of aliphatic carboxylic acids is 1. The van der Waals surface area contributed by atoms with Crippen molar-refractivity contribution in [2.45, 2.75) is 39.0 Å². The van der Waals surface area contributed by atoms with Gasteiger partial charge in [-0.15, -0.1) is 0 Å². The number of benzene rings is 2. The molecule has 0 aromatic heterocycles. The van der Waals surface area contributed by atoms with E-state index in [0.29, 0.717) is 0 Å². The first kappa shape index (κ1) is 17.9. The first-order chi connectivity index (χ1) is 11.3. The molecule has 0 radical (unpaired) electrons. The molecule has 0 aliphatic heterocycles.